The fourth-order valence-electron chi connectivity index (χ4n) is 0.503. The zero-order chi connectivity index (χ0) is 10.1. The molecule has 0 unspecified atom stereocenters. The summed E-state index contributed by atoms with van der Waals surface area (Å²) in [6.45, 7) is 9.58. The van der Waals surface area contributed by atoms with Crippen LogP contribution in [0.1, 0.15) is 27.7 Å². The summed E-state index contributed by atoms with van der Waals surface area (Å²) in [7, 11) is 0. The number of nitrogens with one attached hydrogen (secondary N) is 1. The Morgan fingerprint density at radius 3 is 2.31 bits per heavy atom. The molecule has 0 atom stereocenters. The second-order valence-corrected chi connectivity index (χ2v) is 3.75. The number of hydrogen-bond donors (Lipinski definition) is 1. The van der Waals surface area contributed by atoms with Crippen molar-refractivity contribution in [2.75, 3.05) is 13.2 Å². The quantitative estimate of drug-likeness (QED) is 0.286. The maximum Gasteiger partial charge on any atom is 0.152 e. The smallest absolute Gasteiger partial charge is 0.152 e. The van der Waals surface area contributed by atoms with E-state index in [4.69, 9.17) is 9.68 Å². The molecule has 0 bridgehead atoms. The second-order valence-electron chi connectivity index (χ2n) is 3.75. The van der Waals surface area contributed by atoms with Crippen molar-refractivity contribution in [2.45, 2.75) is 27.7 Å². The van der Waals surface area contributed by atoms with E-state index in [2.05, 4.69) is 38.3 Å². The van der Waals surface area contributed by atoms with Crippen LogP contribution in [0.5, 0.6) is 0 Å². The number of nitrogens with zero attached hydrogens (tertiary/aromatic N) is 1. The number of oxime groups is 1. The topological polar surface area (TPSA) is 42.8 Å². The van der Waals surface area contributed by atoms with E-state index in [1.165, 1.54) is 6.34 Å². The number of hydroxylamine groups is 1. The van der Waals surface area contributed by atoms with Crippen LogP contribution in [0.3, 0.4) is 0 Å². The Morgan fingerprint density at radius 2 is 1.77 bits per heavy atom. The van der Waals surface area contributed by atoms with E-state index in [0.29, 0.717) is 25.0 Å². The van der Waals surface area contributed by atoms with Crippen molar-refractivity contribution < 1.29 is 9.68 Å². The van der Waals surface area contributed by atoms with Crippen LogP contribution < -0.4 is 5.48 Å². The third kappa shape index (κ3) is 11.2. The van der Waals surface area contributed by atoms with Gasteiger partial charge in [-0.2, -0.15) is 0 Å². The summed E-state index contributed by atoms with van der Waals surface area (Å²) in [5.74, 6) is 1.01. The summed E-state index contributed by atoms with van der Waals surface area (Å²) in [6.07, 6.45) is 1.41. The largest absolute Gasteiger partial charge is 0.394 e. The number of hydrogen-bond acceptors (Lipinski definition) is 3. The Kier molecular flexibility index (Phi) is 7.39. The van der Waals surface area contributed by atoms with Crippen molar-refractivity contribution in [3.05, 3.63) is 0 Å². The minimum atomic E-state index is 0.494. The van der Waals surface area contributed by atoms with E-state index >= 15 is 0 Å². The van der Waals surface area contributed by atoms with Gasteiger partial charge in [-0.15, -0.1) is 0 Å². The third-order valence-corrected chi connectivity index (χ3v) is 1.09. The molecule has 0 rings (SSSR count). The van der Waals surface area contributed by atoms with Crippen LogP contribution in [0.25, 0.3) is 0 Å². The van der Waals surface area contributed by atoms with Crippen molar-refractivity contribution in [1.29, 1.82) is 0 Å². The lowest BCUT2D eigenvalue weighted by molar-refractivity contribution is 0.0604. The van der Waals surface area contributed by atoms with Gasteiger partial charge in [0.1, 0.15) is 6.61 Å². The molecular formula is C9H20N2O2. The van der Waals surface area contributed by atoms with Crippen LogP contribution in [0.2, 0.25) is 0 Å². The first-order valence-corrected chi connectivity index (χ1v) is 4.64. The molecule has 4 nitrogen and oxygen atoms in total. The standard InChI is InChI=1S/C9H20N2O2/c1-8(2)5-12-10-7-11-13-6-9(3)4/h7-9H,5-6H2,1-4H3,(H,10,11). The third-order valence-electron chi connectivity index (χ3n) is 1.09. The zero-order valence-corrected chi connectivity index (χ0v) is 8.91. The lowest BCUT2D eigenvalue weighted by atomic mass is 10.2. The van der Waals surface area contributed by atoms with Crippen LogP contribution >= 0.6 is 0 Å². The molecule has 78 valence electrons. The molecule has 0 fully saturated rings. The molecule has 0 saturated carbocycles. The minimum absolute atomic E-state index is 0.494. The molecule has 0 spiro atoms. The molecular weight excluding hydrogens is 168 g/mol. The molecule has 0 aromatic heterocycles. The van der Waals surface area contributed by atoms with Crippen molar-refractivity contribution >= 4 is 6.34 Å². The summed E-state index contributed by atoms with van der Waals surface area (Å²) in [6, 6.07) is 0. The monoisotopic (exact) mass is 188 g/mol. The Bertz CT molecular complexity index is 136. The highest BCUT2D eigenvalue weighted by molar-refractivity contribution is 5.51. The molecule has 1 N–H and O–H groups in total. The van der Waals surface area contributed by atoms with Crippen molar-refractivity contribution in [3.8, 4) is 0 Å². The predicted octanol–water partition coefficient (Wildman–Crippen LogP) is 1.78. The van der Waals surface area contributed by atoms with Crippen molar-refractivity contribution in [1.82, 2.24) is 5.48 Å². The van der Waals surface area contributed by atoms with Crippen LogP contribution in [0.4, 0.5) is 0 Å². The van der Waals surface area contributed by atoms with Gasteiger partial charge in [0.15, 0.2) is 6.34 Å². The Hall–Kier alpha value is -0.770. The summed E-state index contributed by atoms with van der Waals surface area (Å²) >= 11 is 0. The van der Waals surface area contributed by atoms with E-state index in [1.807, 2.05) is 0 Å². The van der Waals surface area contributed by atoms with Crippen LogP contribution in [0.15, 0.2) is 5.16 Å². The van der Waals surface area contributed by atoms with Gasteiger partial charge in [0.2, 0.25) is 0 Å². The van der Waals surface area contributed by atoms with Gasteiger partial charge >= 0.3 is 0 Å². The lowest BCUT2D eigenvalue weighted by Crippen LogP contribution is -2.16. The molecule has 13 heavy (non-hydrogen) atoms. The highest BCUT2D eigenvalue weighted by Gasteiger charge is 1.91. The molecule has 0 aromatic carbocycles. The molecule has 4 heteroatoms. The first kappa shape index (κ1) is 12.2. The molecule has 0 radical (unpaired) electrons. The Labute approximate surface area is 80.2 Å². The predicted molar refractivity (Wildman–Crippen MR) is 53.2 cm³/mol. The summed E-state index contributed by atoms with van der Waals surface area (Å²) in [5.41, 5.74) is 2.57. The van der Waals surface area contributed by atoms with Crippen molar-refractivity contribution in [3.63, 3.8) is 0 Å². The molecule has 0 heterocycles. The fraction of sp³-hybridized carbons (Fsp3) is 0.889. The molecule has 0 aliphatic carbocycles. The lowest BCUT2D eigenvalue weighted by Gasteiger charge is -2.04. The first-order chi connectivity index (χ1) is 6.13. The Morgan fingerprint density at radius 1 is 1.15 bits per heavy atom. The molecule has 0 aliphatic rings. The maximum atomic E-state index is 5.02. The maximum absolute atomic E-state index is 5.02. The normalized spacial score (nSPS) is 11.5. The van der Waals surface area contributed by atoms with Crippen LogP contribution in [-0.2, 0) is 9.68 Å². The van der Waals surface area contributed by atoms with E-state index < -0.39 is 0 Å². The summed E-state index contributed by atoms with van der Waals surface area (Å²) in [4.78, 5) is 9.95. The van der Waals surface area contributed by atoms with E-state index in [1.54, 1.807) is 0 Å². The van der Waals surface area contributed by atoms with Gasteiger partial charge in [-0.3, -0.25) is 10.3 Å². The highest BCUT2D eigenvalue weighted by Crippen LogP contribution is 1.91. The molecule has 0 amide bonds. The average Bonchev–Trinajstić information content (AvgIpc) is 2.01. The van der Waals surface area contributed by atoms with E-state index in [0.717, 1.165) is 0 Å². The first-order valence-electron chi connectivity index (χ1n) is 4.64. The SMILES string of the molecule is CC(C)CO/N=C/NOCC(C)C. The summed E-state index contributed by atoms with van der Waals surface area (Å²) < 4.78 is 0. The fourth-order valence-corrected chi connectivity index (χ4v) is 0.503. The van der Waals surface area contributed by atoms with E-state index in [9.17, 15) is 0 Å². The van der Waals surface area contributed by atoms with Crippen molar-refractivity contribution in [2.24, 2.45) is 17.0 Å². The molecule has 0 saturated heterocycles. The van der Waals surface area contributed by atoms with Gasteiger partial charge < -0.3 is 4.84 Å². The van der Waals surface area contributed by atoms with Crippen LogP contribution in [0, 0.1) is 11.8 Å². The highest BCUT2D eigenvalue weighted by atomic mass is 16.7. The average molecular weight is 188 g/mol. The van der Waals surface area contributed by atoms with Gasteiger partial charge in [-0.1, -0.05) is 32.9 Å². The molecule has 0 aliphatic heterocycles. The summed E-state index contributed by atoms with van der Waals surface area (Å²) in [5, 5.41) is 3.65. The van der Waals surface area contributed by atoms with Gasteiger partial charge in [-0.25, -0.2) is 0 Å². The van der Waals surface area contributed by atoms with E-state index in [-0.39, 0.29) is 0 Å². The molecule has 0 aromatic rings. The van der Waals surface area contributed by atoms with Gasteiger partial charge in [0.05, 0.1) is 6.61 Å². The second kappa shape index (κ2) is 7.86. The van der Waals surface area contributed by atoms with Crippen LogP contribution in [-0.4, -0.2) is 19.6 Å². The Balaban J connectivity index is 3.13. The minimum Gasteiger partial charge on any atom is -0.394 e. The van der Waals surface area contributed by atoms with Gasteiger partial charge in [0, 0.05) is 0 Å². The van der Waals surface area contributed by atoms with Gasteiger partial charge in [-0.05, 0) is 11.8 Å². The zero-order valence-electron chi connectivity index (χ0n) is 8.91. The van der Waals surface area contributed by atoms with Gasteiger partial charge in [0.25, 0.3) is 0 Å². The number of rotatable bonds is 7.